The normalized spacial score (nSPS) is 11.4. The fourth-order valence-corrected chi connectivity index (χ4v) is 4.84. The van der Waals surface area contributed by atoms with Crippen LogP contribution in [0.4, 0.5) is 0 Å². The molecule has 35 heavy (non-hydrogen) atoms. The first-order chi connectivity index (χ1) is 17.0. The lowest BCUT2D eigenvalue weighted by molar-refractivity contribution is 0.0531. The van der Waals surface area contributed by atoms with Gasteiger partial charge in [0.1, 0.15) is 21.2 Å². The van der Waals surface area contributed by atoms with Crippen molar-refractivity contribution in [3.63, 3.8) is 0 Å². The molecule has 4 aromatic heterocycles. The zero-order chi connectivity index (χ0) is 24.4. The van der Waals surface area contributed by atoms with Crippen molar-refractivity contribution in [1.29, 1.82) is 0 Å². The van der Waals surface area contributed by atoms with Gasteiger partial charge >= 0.3 is 5.97 Å². The Bertz CT molecular complexity index is 1600. The number of carbonyl (C=O) groups excluding carboxylic acids is 1. The predicted octanol–water partition coefficient (Wildman–Crippen LogP) is 4.89. The minimum atomic E-state index is -0.445. The van der Waals surface area contributed by atoms with E-state index in [0.717, 1.165) is 33.8 Å². The van der Waals surface area contributed by atoms with Crippen molar-refractivity contribution >= 4 is 39.7 Å². The highest BCUT2D eigenvalue weighted by Gasteiger charge is 2.20. The average Bonchev–Trinajstić information content (AvgIpc) is 3.45. The van der Waals surface area contributed by atoms with E-state index in [0.29, 0.717) is 26.5 Å². The first-order valence-corrected chi connectivity index (χ1v) is 11.8. The fourth-order valence-electron chi connectivity index (χ4n) is 3.76. The van der Waals surface area contributed by atoms with Gasteiger partial charge in [0.2, 0.25) is 0 Å². The van der Waals surface area contributed by atoms with Gasteiger partial charge in [-0.15, -0.1) is 11.3 Å². The largest absolute Gasteiger partial charge is 0.462 e. The molecule has 0 aliphatic heterocycles. The zero-order valence-corrected chi connectivity index (χ0v) is 19.9. The van der Waals surface area contributed by atoms with Gasteiger partial charge in [0.05, 0.1) is 17.7 Å². The highest BCUT2D eigenvalue weighted by atomic mass is 32.1. The number of benzene rings is 1. The number of thiophene rings is 1. The number of fused-ring (bicyclic) bond motifs is 1. The summed E-state index contributed by atoms with van der Waals surface area (Å²) in [5, 5.41) is 5.19. The molecule has 1 N–H and O–H groups in total. The molecule has 0 radical (unpaired) electrons. The Kier molecular flexibility index (Phi) is 6.07. The van der Waals surface area contributed by atoms with Crippen LogP contribution in [0.5, 0.6) is 0 Å². The van der Waals surface area contributed by atoms with Crippen LogP contribution in [0, 0.1) is 6.92 Å². The van der Waals surface area contributed by atoms with E-state index in [9.17, 15) is 9.59 Å². The van der Waals surface area contributed by atoms with Crippen molar-refractivity contribution in [3.8, 4) is 16.9 Å². The Morgan fingerprint density at radius 1 is 1.14 bits per heavy atom. The van der Waals surface area contributed by atoms with Crippen LogP contribution in [0.1, 0.15) is 33.5 Å². The standard InChI is InChI=1S/C26H21N5O3S/c1-3-34-26(33)23-16(2)21-24(32)28-20(29-25(21)35-23)10-9-18-15-31(19-7-5-4-6-8-19)30-22(18)17-11-13-27-14-12-17/h4-15H,3H2,1-2H3,(H,28,29,32)/b10-9+. The fraction of sp³-hybridized carbons (Fsp3) is 0.115. The summed E-state index contributed by atoms with van der Waals surface area (Å²) in [6, 6.07) is 13.6. The molecule has 0 fully saturated rings. The van der Waals surface area contributed by atoms with E-state index >= 15 is 0 Å². The number of para-hydroxylation sites is 1. The van der Waals surface area contributed by atoms with E-state index < -0.39 is 5.97 Å². The number of nitrogens with one attached hydrogen (secondary N) is 1. The van der Waals surface area contributed by atoms with E-state index in [4.69, 9.17) is 9.84 Å². The lowest BCUT2D eigenvalue weighted by Crippen LogP contribution is -2.10. The van der Waals surface area contributed by atoms with Crippen LogP contribution in [0.15, 0.2) is 65.8 Å². The van der Waals surface area contributed by atoms with Gasteiger partial charge in [-0.1, -0.05) is 18.2 Å². The third kappa shape index (κ3) is 4.41. The third-order valence-corrected chi connectivity index (χ3v) is 6.58. The summed E-state index contributed by atoms with van der Waals surface area (Å²) >= 11 is 1.16. The molecule has 5 rings (SSSR count). The van der Waals surface area contributed by atoms with Gasteiger partial charge in [0, 0.05) is 29.7 Å². The van der Waals surface area contributed by atoms with E-state index in [1.165, 1.54) is 0 Å². The summed E-state index contributed by atoms with van der Waals surface area (Å²) in [5.41, 5.74) is 3.74. The number of esters is 1. The van der Waals surface area contributed by atoms with Crippen molar-refractivity contribution in [2.45, 2.75) is 13.8 Å². The molecule has 5 aromatic rings. The molecule has 0 bridgehead atoms. The molecule has 4 heterocycles. The maximum atomic E-state index is 12.8. The Morgan fingerprint density at radius 2 is 1.91 bits per heavy atom. The summed E-state index contributed by atoms with van der Waals surface area (Å²) in [6.07, 6.45) is 8.96. The van der Waals surface area contributed by atoms with Crippen LogP contribution in [0.3, 0.4) is 0 Å². The van der Waals surface area contributed by atoms with Crippen LogP contribution >= 0.6 is 11.3 Å². The second-order valence-corrected chi connectivity index (χ2v) is 8.69. The lowest BCUT2D eigenvalue weighted by Gasteiger charge is -2.00. The molecule has 0 saturated carbocycles. The molecule has 0 atom stereocenters. The quantitative estimate of drug-likeness (QED) is 0.345. The molecule has 0 amide bonds. The van der Waals surface area contributed by atoms with Crippen LogP contribution in [-0.4, -0.2) is 37.3 Å². The van der Waals surface area contributed by atoms with Crippen molar-refractivity contribution in [2.75, 3.05) is 6.61 Å². The Balaban J connectivity index is 1.56. The molecular formula is C26H21N5O3S. The summed E-state index contributed by atoms with van der Waals surface area (Å²) in [5.74, 6) is -0.0629. The average molecular weight is 484 g/mol. The van der Waals surface area contributed by atoms with Crippen LogP contribution < -0.4 is 5.56 Å². The first-order valence-electron chi connectivity index (χ1n) is 11.0. The number of aryl methyl sites for hydroxylation is 1. The zero-order valence-electron chi connectivity index (χ0n) is 19.1. The topological polar surface area (TPSA) is 103 Å². The first kappa shape index (κ1) is 22.4. The number of aromatic amines is 1. The number of nitrogens with zero attached hydrogens (tertiary/aromatic N) is 4. The number of aromatic nitrogens is 5. The van der Waals surface area contributed by atoms with Gasteiger partial charge in [-0.05, 0) is 55.8 Å². The number of rotatable bonds is 6. The second-order valence-electron chi connectivity index (χ2n) is 7.69. The molecule has 0 unspecified atom stereocenters. The Morgan fingerprint density at radius 3 is 2.66 bits per heavy atom. The maximum absolute atomic E-state index is 12.8. The van der Waals surface area contributed by atoms with Crippen molar-refractivity contribution < 1.29 is 9.53 Å². The molecular weight excluding hydrogens is 462 g/mol. The highest BCUT2D eigenvalue weighted by Crippen LogP contribution is 2.28. The van der Waals surface area contributed by atoms with E-state index in [1.54, 1.807) is 32.3 Å². The lowest BCUT2D eigenvalue weighted by atomic mass is 10.1. The molecule has 0 saturated heterocycles. The van der Waals surface area contributed by atoms with Crippen LogP contribution in [-0.2, 0) is 4.74 Å². The van der Waals surface area contributed by atoms with Crippen molar-refractivity contribution in [1.82, 2.24) is 24.7 Å². The number of hydrogen-bond acceptors (Lipinski definition) is 7. The number of carbonyl (C=O) groups is 1. The minimum Gasteiger partial charge on any atom is -0.462 e. The third-order valence-electron chi connectivity index (χ3n) is 5.42. The van der Waals surface area contributed by atoms with Gasteiger partial charge in [-0.25, -0.2) is 14.5 Å². The monoisotopic (exact) mass is 483 g/mol. The summed E-state index contributed by atoms with van der Waals surface area (Å²) in [7, 11) is 0. The van der Waals surface area contributed by atoms with Gasteiger partial charge in [0.25, 0.3) is 5.56 Å². The Hall–Kier alpha value is -4.37. The molecule has 0 aliphatic rings. The molecule has 0 aliphatic carbocycles. The van der Waals surface area contributed by atoms with Gasteiger partial charge in [-0.3, -0.25) is 9.78 Å². The molecule has 9 heteroatoms. The second kappa shape index (κ2) is 9.47. The van der Waals surface area contributed by atoms with Gasteiger partial charge in [0.15, 0.2) is 0 Å². The van der Waals surface area contributed by atoms with E-state index in [1.807, 2.05) is 59.4 Å². The Labute approximate surface area is 204 Å². The number of H-pyrrole nitrogens is 1. The smallest absolute Gasteiger partial charge is 0.348 e. The molecule has 1 aromatic carbocycles. The predicted molar refractivity (Wildman–Crippen MR) is 137 cm³/mol. The molecule has 0 spiro atoms. The SMILES string of the molecule is CCOC(=O)c1sc2nc(/C=C/c3cn(-c4ccccc4)nc3-c3ccncc3)[nH]c(=O)c2c1C. The number of pyridine rings is 1. The molecule has 8 nitrogen and oxygen atoms in total. The van der Waals surface area contributed by atoms with Crippen molar-refractivity contribution in [2.24, 2.45) is 0 Å². The summed E-state index contributed by atoms with van der Waals surface area (Å²) in [6.45, 7) is 3.74. The van der Waals surface area contributed by atoms with E-state index in [2.05, 4.69) is 15.0 Å². The summed E-state index contributed by atoms with van der Waals surface area (Å²) < 4.78 is 6.92. The minimum absolute atomic E-state index is 0.265. The van der Waals surface area contributed by atoms with Gasteiger partial charge in [-0.2, -0.15) is 5.10 Å². The number of hydrogen-bond donors (Lipinski definition) is 1. The van der Waals surface area contributed by atoms with Gasteiger partial charge < -0.3 is 9.72 Å². The highest BCUT2D eigenvalue weighted by molar-refractivity contribution is 7.20. The summed E-state index contributed by atoms with van der Waals surface area (Å²) in [4.78, 5) is 37.4. The van der Waals surface area contributed by atoms with Crippen LogP contribution in [0.2, 0.25) is 0 Å². The van der Waals surface area contributed by atoms with E-state index in [-0.39, 0.29) is 12.2 Å². The number of ether oxygens (including phenoxy) is 1. The maximum Gasteiger partial charge on any atom is 0.348 e. The van der Waals surface area contributed by atoms with Crippen LogP contribution in [0.25, 0.3) is 39.3 Å². The molecule has 174 valence electrons. The van der Waals surface area contributed by atoms with Crippen molar-refractivity contribution in [3.05, 3.63) is 93.2 Å².